The number of urea groups is 1. The molecule has 0 aliphatic carbocycles. The van der Waals surface area contributed by atoms with E-state index in [1.807, 2.05) is 0 Å². The Morgan fingerprint density at radius 1 is 1.53 bits per heavy atom. The number of methoxy groups -OCH3 is 1. The standard InChI is InChI=1S/C11H19N3O5/c1-19-7-4-5-14(6-7)11(18)13-8(10(16)17)2-3-9(12)15/h7-8H,2-6H2,1H3,(H2,12,15)(H,13,18)(H,16,17)/t7?,8-/m1/s1. The Hall–Kier alpha value is -1.83. The number of nitrogens with one attached hydrogen (secondary N) is 1. The van der Waals surface area contributed by atoms with Crippen molar-refractivity contribution in [3.8, 4) is 0 Å². The second-order valence-corrected chi connectivity index (χ2v) is 4.44. The summed E-state index contributed by atoms with van der Waals surface area (Å²) in [5.74, 6) is -1.78. The molecule has 3 amide bonds. The monoisotopic (exact) mass is 273 g/mol. The number of rotatable bonds is 6. The summed E-state index contributed by atoms with van der Waals surface area (Å²) in [6, 6.07) is -1.57. The van der Waals surface area contributed by atoms with Crippen LogP contribution in [0.25, 0.3) is 0 Å². The van der Waals surface area contributed by atoms with Crippen LogP contribution in [0.4, 0.5) is 4.79 Å². The fourth-order valence-corrected chi connectivity index (χ4v) is 1.89. The van der Waals surface area contributed by atoms with Crippen molar-refractivity contribution in [2.24, 2.45) is 5.73 Å². The summed E-state index contributed by atoms with van der Waals surface area (Å²) >= 11 is 0. The highest BCUT2D eigenvalue weighted by Gasteiger charge is 2.29. The minimum atomic E-state index is -1.18. The first-order valence-corrected chi connectivity index (χ1v) is 6.03. The van der Waals surface area contributed by atoms with Crippen LogP contribution < -0.4 is 11.1 Å². The second kappa shape index (κ2) is 6.93. The number of hydrogen-bond donors (Lipinski definition) is 3. The van der Waals surface area contributed by atoms with Gasteiger partial charge in [-0.3, -0.25) is 4.79 Å². The van der Waals surface area contributed by atoms with Gasteiger partial charge in [0.15, 0.2) is 0 Å². The topological polar surface area (TPSA) is 122 Å². The van der Waals surface area contributed by atoms with E-state index in [-0.39, 0.29) is 18.9 Å². The summed E-state index contributed by atoms with van der Waals surface area (Å²) in [6.45, 7) is 0.955. The lowest BCUT2D eigenvalue weighted by Gasteiger charge is -2.20. The molecule has 1 saturated heterocycles. The molecule has 0 aromatic heterocycles. The van der Waals surface area contributed by atoms with Crippen molar-refractivity contribution in [1.29, 1.82) is 0 Å². The van der Waals surface area contributed by atoms with Crippen LogP contribution in [-0.4, -0.2) is 60.3 Å². The maximum atomic E-state index is 11.8. The summed E-state index contributed by atoms with van der Waals surface area (Å²) in [4.78, 5) is 35.0. The predicted molar refractivity (Wildman–Crippen MR) is 65.4 cm³/mol. The average Bonchev–Trinajstić information content (AvgIpc) is 2.82. The molecule has 1 aliphatic rings. The number of primary amides is 1. The molecule has 0 radical (unpaired) electrons. The molecule has 108 valence electrons. The molecule has 1 unspecified atom stereocenters. The van der Waals surface area contributed by atoms with Crippen molar-refractivity contribution in [2.45, 2.75) is 31.4 Å². The van der Waals surface area contributed by atoms with Crippen LogP contribution in [0.5, 0.6) is 0 Å². The molecular formula is C11H19N3O5. The zero-order valence-electron chi connectivity index (χ0n) is 10.8. The van der Waals surface area contributed by atoms with Gasteiger partial charge in [-0.1, -0.05) is 0 Å². The zero-order chi connectivity index (χ0) is 14.4. The van der Waals surface area contributed by atoms with Crippen molar-refractivity contribution in [3.63, 3.8) is 0 Å². The second-order valence-electron chi connectivity index (χ2n) is 4.44. The molecule has 0 aromatic rings. The van der Waals surface area contributed by atoms with Crippen LogP contribution in [0.15, 0.2) is 0 Å². The van der Waals surface area contributed by atoms with E-state index in [9.17, 15) is 14.4 Å². The summed E-state index contributed by atoms with van der Waals surface area (Å²) in [5, 5.41) is 11.3. The highest BCUT2D eigenvalue weighted by atomic mass is 16.5. The number of carboxylic acids is 1. The Labute approximate surface area is 110 Å². The molecule has 8 nitrogen and oxygen atoms in total. The molecule has 4 N–H and O–H groups in total. The van der Waals surface area contributed by atoms with Gasteiger partial charge in [0.2, 0.25) is 5.91 Å². The number of carbonyl (C=O) groups is 3. The van der Waals surface area contributed by atoms with Gasteiger partial charge >= 0.3 is 12.0 Å². The van der Waals surface area contributed by atoms with Crippen molar-refractivity contribution < 1.29 is 24.2 Å². The molecule has 1 rings (SSSR count). The Bertz CT molecular complexity index is 360. The Morgan fingerprint density at radius 3 is 2.68 bits per heavy atom. The Kier molecular flexibility index (Phi) is 5.56. The molecule has 1 heterocycles. The van der Waals surface area contributed by atoms with E-state index in [1.165, 1.54) is 4.90 Å². The minimum Gasteiger partial charge on any atom is -0.480 e. The normalized spacial score (nSPS) is 20.1. The number of carbonyl (C=O) groups excluding carboxylic acids is 2. The van der Waals surface area contributed by atoms with E-state index in [2.05, 4.69) is 5.32 Å². The van der Waals surface area contributed by atoms with Gasteiger partial charge < -0.3 is 25.8 Å². The molecule has 1 fully saturated rings. The third kappa shape index (κ3) is 4.74. The summed E-state index contributed by atoms with van der Waals surface area (Å²) in [7, 11) is 1.57. The molecule has 0 spiro atoms. The van der Waals surface area contributed by atoms with Crippen molar-refractivity contribution >= 4 is 17.9 Å². The minimum absolute atomic E-state index is 0.0142. The number of carboxylic acid groups (broad SMARTS) is 1. The van der Waals surface area contributed by atoms with Gasteiger partial charge in [-0.05, 0) is 12.8 Å². The van der Waals surface area contributed by atoms with Gasteiger partial charge in [0.25, 0.3) is 0 Å². The predicted octanol–water partition coefficient (Wildman–Crippen LogP) is -0.865. The maximum Gasteiger partial charge on any atom is 0.326 e. The molecule has 2 atom stereocenters. The average molecular weight is 273 g/mol. The lowest BCUT2D eigenvalue weighted by Crippen LogP contribution is -2.47. The number of nitrogens with zero attached hydrogens (tertiary/aromatic N) is 1. The fourth-order valence-electron chi connectivity index (χ4n) is 1.89. The van der Waals surface area contributed by atoms with E-state index in [0.717, 1.165) is 6.42 Å². The fraction of sp³-hybridized carbons (Fsp3) is 0.727. The van der Waals surface area contributed by atoms with Gasteiger partial charge in [0.05, 0.1) is 6.10 Å². The lowest BCUT2D eigenvalue weighted by molar-refractivity contribution is -0.139. The number of aliphatic carboxylic acids is 1. The van der Waals surface area contributed by atoms with Gasteiger partial charge in [-0.2, -0.15) is 0 Å². The first-order chi connectivity index (χ1) is 8.93. The largest absolute Gasteiger partial charge is 0.480 e. The van der Waals surface area contributed by atoms with Gasteiger partial charge in [-0.25, -0.2) is 9.59 Å². The number of hydrogen-bond acceptors (Lipinski definition) is 4. The van der Waals surface area contributed by atoms with Gasteiger partial charge in [0.1, 0.15) is 6.04 Å². The SMILES string of the molecule is COC1CCN(C(=O)N[C@H](CCC(N)=O)C(=O)O)C1. The molecule has 0 aromatic carbocycles. The van der Waals surface area contributed by atoms with Crippen LogP contribution in [0, 0.1) is 0 Å². The van der Waals surface area contributed by atoms with E-state index in [1.54, 1.807) is 7.11 Å². The van der Waals surface area contributed by atoms with Crippen LogP contribution in [0.1, 0.15) is 19.3 Å². The highest BCUT2D eigenvalue weighted by Crippen LogP contribution is 2.12. The van der Waals surface area contributed by atoms with E-state index in [4.69, 9.17) is 15.6 Å². The Balaban J connectivity index is 2.47. The van der Waals surface area contributed by atoms with Gasteiger partial charge in [0, 0.05) is 26.6 Å². The van der Waals surface area contributed by atoms with Gasteiger partial charge in [-0.15, -0.1) is 0 Å². The zero-order valence-corrected chi connectivity index (χ0v) is 10.8. The first kappa shape index (κ1) is 15.2. The summed E-state index contributed by atoms with van der Waals surface area (Å²) < 4.78 is 5.12. The smallest absolute Gasteiger partial charge is 0.326 e. The van der Waals surface area contributed by atoms with Crippen molar-refractivity contribution in [2.75, 3.05) is 20.2 Å². The van der Waals surface area contributed by atoms with E-state index < -0.39 is 23.9 Å². The first-order valence-electron chi connectivity index (χ1n) is 6.03. The van der Waals surface area contributed by atoms with Crippen LogP contribution in [-0.2, 0) is 14.3 Å². The molecule has 8 heteroatoms. The van der Waals surface area contributed by atoms with Crippen LogP contribution >= 0.6 is 0 Å². The molecule has 19 heavy (non-hydrogen) atoms. The highest BCUT2D eigenvalue weighted by molar-refractivity contribution is 5.83. The molecule has 0 bridgehead atoms. The van der Waals surface area contributed by atoms with Crippen LogP contribution in [0.2, 0.25) is 0 Å². The lowest BCUT2D eigenvalue weighted by atomic mass is 10.1. The summed E-state index contributed by atoms with van der Waals surface area (Å²) in [6.07, 6.45) is 0.610. The third-order valence-electron chi connectivity index (χ3n) is 3.04. The van der Waals surface area contributed by atoms with E-state index >= 15 is 0 Å². The van der Waals surface area contributed by atoms with Crippen molar-refractivity contribution in [3.05, 3.63) is 0 Å². The number of likely N-dealkylation sites (tertiary alicyclic amines) is 1. The number of nitrogens with two attached hydrogens (primary N) is 1. The molecule has 0 saturated carbocycles. The van der Waals surface area contributed by atoms with E-state index in [0.29, 0.717) is 13.1 Å². The van der Waals surface area contributed by atoms with Crippen molar-refractivity contribution in [1.82, 2.24) is 10.2 Å². The third-order valence-corrected chi connectivity index (χ3v) is 3.04. The molecular weight excluding hydrogens is 254 g/mol. The maximum absolute atomic E-state index is 11.8. The van der Waals surface area contributed by atoms with Crippen LogP contribution in [0.3, 0.4) is 0 Å². The summed E-state index contributed by atoms with van der Waals surface area (Å²) in [5.41, 5.74) is 4.96. The number of amides is 3. The molecule has 1 aliphatic heterocycles. The number of ether oxygens (including phenoxy) is 1. The Morgan fingerprint density at radius 2 is 2.21 bits per heavy atom. The quantitative estimate of drug-likeness (QED) is 0.581.